The molecular weight excluding hydrogens is 796 g/mol. The molecule has 56 heavy (non-hydrogen) atoms. The van der Waals surface area contributed by atoms with E-state index < -0.39 is 28.9 Å². The summed E-state index contributed by atoms with van der Waals surface area (Å²) in [5.74, 6) is -0.889. The van der Waals surface area contributed by atoms with Crippen molar-refractivity contribution in [1.29, 1.82) is 0 Å². The van der Waals surface area contributed by atoms with Crippen molar-refractivity contribution in [3.8, 4) is 11.1 Å². The standard InChI is InChI=1S/C21H21N5O3S.C21H28NO3.BrH/c1-4-16(26-12-22-18-17(26)20(28)25(3)21(29)24(18)2)19(27)23-15-7-5-13(6-8-15)14-9-10-30-11-14;1-4-22(3,5-2)16-17-25-20(23)21(24,18-12-8-6-9-13-18)19-14-10-7-11-15-19;/h5-12,16H,4H2,1-3H3,(H,23,27);6-15,24H,4-5,16-17H2,1-3H3;1H/q;+1;/p-1. The Labute approximate surface area is 341 Å². The molecule has 0 saturated carbocycles. The minimum atomic E-state index is -1.80. The Morgan fingerprint density at radius 1 is 0.875 bits per heavy atom. The van der Waals surface area contributed by atoms with E-state index in [2.05, 4.69) is 36.6 Å². The summed E-state index contributed by atoms with van der Waals surface area (Å²) >= 11 is 1.63. The van der Waals surface area contributed by atoms with E-state index in [4.69, 9.17) is 4.74 Å². The molecule has 1 unspecified atom stereocenters. The van der Waals surface area contributed by atoms with Crippen LogP contribution in [0.1, 0.15) is 44.4 Å². The normalized spacial score (nSPS) is 11.9. The van der Waals surface area contributed by atoms with Crippen molar-refractivity contribution in [2.24, 2.45) is 14.1 Å². The predicted octanol–water partition coefficient (Wildman–Crippen LogP) is 2.71. The number of nitrogens with zero attached hydrogens (tertiary/aromatic N) is 5. The number of carbonyl (C=O) groups excluding carboxylic acids is 2. The van der Waals surface area contributed by atoms with Gasteiger partial charge in [0.1, 0.15) is 19.2 Å². The summed E-state index contributed by atoms with van der Waals surface area (Å²) in [4.78, 5) is 54.9. The molecule has 3 heterocycles. The number of hydrogen-bond acceptors (Lipinski definition) is 8. The highest BCUT2D eigenvalue weighted by molar-refractivity contribution is 7.08. The third-order valence-electron chi connectivity index (χ3n) is 10.3. The van der Waals surface area contributed by atoms with Gasteiger partial charge >= 0.3 is 11.7 Å². The lowest BCUT2D eigenvalue weighted by Gasteiger charge is -2.32. The fourth-order valence-corrected chi connectivity index (χ4v) is 6.94. The van der Waals surface area contributed by atoms with Crippen molar-refractivity contribution in [3.05, 3.63) is 140 Å². The van der Waals surface area contributed by atoms with Crippen LogP contribution in [0.3, 0.4) is 0 Å². The van der Waals surface area contributed by atoms with Crippen molar-refractivity contribution < 1.29 is 40.9 Å². The molecule has 0 aliphatic heterocycles. The summed E-state index contributed by atoms with van der Waals surface area (Å²) < 4.78 is 10.2. The van der Waals surface area contributed by atoms with Crippen molar-refractivity contribution >= 4 is 40.1 Å². The first-order valence-corrected chi connectivity index (χ1v) is 19.2. The number of aromatic nitrogens is 4. The Hall–Kier alpha value is -5.15. The van der Waals surface area contributed by atoms with Crippen molar-refractivity contribution in [3.63, 3.8) is 0 Å². The van der Waals surface area contributed by atoms with E-state index >= 15 is 0 Å². The number of ether oxygens (including phenoxy) is 1. The molecule has 0 radical (unpaired) electrons. The molecule has 0 spiro atoms. The van der Waals surface area contributed by atoms with Gasteiger partial charge in [-0.2, -0.15) is 11.3 Å². The number of imidazole rings is 1. The lowest BCUT2D eigenvalue weighted by atomic mass is 9.86. The van der Waals surface area contributed by atoms with Gasteiger partial charge in [0, 0.05) is 19.8 Å². The third-order valence-corrected chi connectivity index (χ3v) is 11.0. The Morgan fingerprint density at radius 3 is 1.98 bits per heavy atom. The van der Waals surface area contributed by atoms with Gasteiger partial charge in [0.2, 0.25) is 11.5 Å². The van der Waals surface area contributed by atoms with Crippen molar-refractivity contribution in [1.82, 2.24) is 18.7 Å². The van der Waals surface area contributed by atoms with Gasteiger partial charge in [-0.3, -0.25) is 18.7 Å². The van der Waals surface area contributed by atoms with Gasteiger partial charge in [-0.15, -0.1) is 0 Å². The summed E-state index contributed by atoms with van der Waals surface area (Å²) in [6.45, 7) is 9.04. The molecule has 3 aromatic carbocycles. The fourth-order valence-electron chi connectivity index (χ4n) is 6.27. The summed E-state index contributed by atoms with van der Waals surface area (Å²) in [7, 11) is 5.10. The number of thiophene rings is 1. The van der Waals surface area contributed by atoms with Crippen LogP contribution >= 0.6 is 11.3 Å². The molecule has 1 amide bonds. The van der Waals surface area contributed by atoms with Crippen molar-refractivity contribution in [2.75, 3.05) is 38.6 Å². The number of aryl methyl sites for hydroxylation is 1. The zero-order valence-electron chi connectivity index (χ0n) is 32.5. The zero-order chi connectivity index (χ0) is 39.8. The molecule has 0 fully saturated rings. The lowest BCUT2D eigenvalue weighted by molar-refractivity contribution is -0.906. The van der Waals surface area contributed by atoms with Crippen molar-refractivity contribution in [2.45, 2.75) is 38.8 Å². The molecule has 3 aromatic heterocycles. The molecule has 6 aromatic rings. The number of fused-ring (bicyclic) bond motifs is 1. The zero-order valence-corrected chi connectivity index (χ0v) is 34.9. The summed E-state index contributed by atoms with van der Waals surface area (Å²) in [6.07, 6.45) is 1.90. The molecular formula is C42H49BrN6O6S. The highest BCUT2D eigenvalue weighted by Crippen LogP contribution is 2.31. The number of rotatable bonds is 13. The lowest BCUT2D eigenvalue weighted by Crippen LogP contribution is -3.00. The number of esters is 1. The largest absolute Gasteiger partial charge is 1.00 e. The van der Waals surface area contributed by atoms with Gasteiger partial charge < -0.3 is 41.2 Å². The number of likely N-dealkylation sites (N-methyl/N-ethyl adjacent to an activating group) is 1. The third kappa shape index (κ3) is 9.27. The van der Waals surface area contributed by atoms with E-state index in [-0.39, 0.29) is 40.7 Å². The molecule has 14 heteroatoms. The Morgan fingerprint density at radius 2 is 1.46 bits per heavy atom. The first-order chi connectivity index (χ1) is 26.4. The Bertz CT molecular complexity index is 2280. The first kappa shape index (κ1) is 43.6. The van der Waals surface area contributed by atoms with Gasteiger partial charge in [-0.25, -0.2) is 14.6 Å². The maximum absolute atomic E-state index is 13.0. The van der Waals surface area contributed by atoms with Crippen LogP contribution in [0.2, 0.25) is 0 Å². The quantitative estimate of drug-likeness (QED) is 0.135. The number of quaternary nitrogens is 1. The highest BCUT2D eigenvalue weighted by atomic mass is 79.9. The molecule has 2 N–H and O–H groups in total. The van der Waals surface area contributed by atoms with Crippen LogP contribution in [-0.2, 0) is 34.0 Å². The Kier molecular flexibility index (Phi) is 14.9. The maximum Gasteiger partial charge on any atom is 0.347 e. The van der Waals surface area contributed by atoms with E-state index in [0.29, 0.717) is 23.2 Å². The second kappa shape index (κ2) is 19.1. The smallest absolute Gasteiger partial charge is 0.347 e. The van der Waals surface area contributed by atoms with Crippen LogP contribution in [0, 0.1) is 0 Å². The number of amides is 1. The number of halogens is 1. The number of aliphatic hydroxyl groups is 1. The second-order valence-corrected chi connectivity index (χ2v) is 14.4. The minimum Gasteiger partial charge on any atom is -1.00 e. The molecule has 0 aliphatic rings. The fraction of sp³-hybridized carbons (Fsp3) is 0.310. The van der Waals surface area contributed by atoms with Crippen LogP contribution < -0.4 is 33.5 Å². The number of nitrogens with one attached hydrogen (secondary N) is 1. The molecule has 0 bridgehead atoms. The van der Waals surface area contributed by atoms with Crippen LogP contribution in [-0.4, -0.2) is 73.4 Å². The van der Waals surface area contributed by atoms with Crippen LogP contribution in [0.15, 0.2) is 118 Å². The predicted molar refractivity (Wildman–Crippen MR) is 217 cm³/mol. The molecule has 0 aliphatic carbocycles. The van der Waals surface area contributed by atoms with Gasteiger partial charge in [-0.1, -0.05) is 79.7 Å². The average Bonchev–Trinajstić information content (AvgIpc) is 3.92. The van der Waals surface area contributed by atoms with Gasteiger partial charge in [0.15, 0.2) is 11.2 Å². The van der Waals surface area contributed by atoms with E-state index in [1.54, 1.807) is 71.5 Å². The summed E-state index contributed by atoms with van der Waals surface area (Å²) in [5.41, 5.74) is 1.65. The number of carbonyl (C=O) groups is 2. The molecule has 1 atom stereocenters. The van der Waals surface area contributed by atoms with Gasteiger partial charge in [-0.05, 0) is 71.5 Å². The SMILES string of the molecule is CCC(C(=O)Nc1ccc(-c2ccsc2)cc1)n1cnc2c1c(=O)n(C)c(=O)n2C.CC[N+](C)(CC)CCOC(=O)C(O)(c1ccccc1)c1ccccc1.[Br-]. The second-order valence-electron chi connectivity index (χ2n) is 13.6. The maximum atomic E-state index is 13.0. The van der Waals surface area contributed by atoms with Crippen LogP contribution in [0.25, 0.3) is 22.3 Å². The van der Waals surface area contributed by atoms with Crippen LogP contribution in [0.5, 0.6) is 0 Å². The summed E-state index contributed by atoms with van der Waals surface area (Å²) in [5, 5.41) is 18.3. The number of anilines is 1. The van der Waals surface area contributed by atoms with E-state index in [1.165, 1.54) is 17.9 Å². The molecule has 0 saturated heterocycles. The number of benzene rings is 3. The van der Waals surface area contributed by atoms with Crippen LogP contribution in [0.4, 0.5) is 5.69 Å². The molecule has 12 nitrogen and oxygen atoms in total. The molecule has 6 rings (SSSR count). The Balaban J connectivity index is 0.000000249. The number of hydrogen-bond donors (Lipinski definition) is 2. The van der Waals surface area contributed by atoms with E-state index in [0.717, 1.165) is 39.8 Å². The van der Waals surface area contributed by atoms with Gasteiger partial charge in [0.25, 0.3) is 5.56 Å². The first-order valence-electron chi connectivity index (χ1n) is 18.3. The average molecular weight is 846 g/mol. The molecule has 296 valence electrons. The minimum absolute atomic E-state index is 0. The monoisotopic (exact) mass is 844 g/mol. The van der Waals surface area contributed by atoms with Gasteiger partial charge in [0.05, 0.1) is 26.5 Å². The van der Waals surface area contributed by atoms with E-state index in [1.807, 2.05) is 54.8 Å². The van der Waals surface area contributed by atoms with E-state index in [9.17, 15) is 24.3 Å². The highest BCUT2D eigenvalue weighted by Gasteiger charge is 2.41. The summed E-state index contributed by atoms with van der Waals surface area (Å²) in [6, 6.07) is 26.9. The topological polar surface area (TPSA) is 137 Å².